The van der Waals surface area contributed by atoms with E-state index in [1.54, 1.807) is 6.20 Å². The summed E-state index contributed by atoms with van der Waals surface area (Å²) in [6.07, 6.45) is 3.18. The van der Waals surface area contributed by atoms with Crippen LogP contribution < -0.4 is 5.73 Å². The van der Waals surface area contributed by atoms with Crippen LogP contribution in [0.2, 0.25) is 0 Å². The van der Waals surface area contributed by atoms with Crippen LogP contribution in [0.25, 0.3) is 0 Å². The third kappa shape index (κ3) is 1.40. The predicted molar refractivity (Wildman–Crippen MR) is 43.4 cm³/mol. The summed E-state index contributed by atoms with van der Waals surface area (Å²) in [6.45, 7) is 0.522. The molecule has 2 heterocycles. The minimum absolute atomic E-state index is 0.415. The van der Waals surface area contributed by atoms with Crippen molar-refractivity contribution in [3.63, 3.8) is 0 Å². The Balaban J connectivity index is 2.14. The molecule has 6 nitrogen and oxygen atoms in total. The fraction of sp³-hybridized carbons (Fsp3) is 0.200. The van der Waals surface area contributed by atoms with E-state index in [9.17, 15) is 0 Å². The minimum atomic E-state index is 0.415. The van der Waals surface area contributed by atoms with Crippen molar-refractivity contribution in [1.82, 2.24) is 23.7 Å². The summed E-state index contributed by atoms with van der Waals surface area (Å²) in [4.78, 5) is 1.48. The van der Waals surface area contributed by atoms with Crippen LogP contribution in [-0.4, -0.2) is 23.7 Å². The Morgan fingerprint density at radius 2 is 2.42 bits per heavy atom. The van der Waals surface area contributed by atoms with E-state index < -0.39 is 0 Å². The van der Waals surface area contributed by atoms with Crippen molar-refractivity contribution in [1.29, 1.82) is 0 Å². The molecular formula is C5H6N6S. The van der Waals surface area contributed by atoms with Crippen LogP contribution in [-0.2, 0) is 6.54 Å². The van der Waals surface area contributed by atoms with Gasteiger partial charge < -0.3 is 5.73 Å². The Kier molecular flexibility index (Phi) is 1.71. The van der Waals surface area contributed by atoms with E-state index >= 15 is 0 Å². The average Bonchev–Trinajstić information content (AvgIpc) is 2.63. The summed E-state index contributed by atoms with van der Waals surface area (Å²) in [6, 6.07) is 0. The van der Waals surface area contributed by atoms with Crippen molar-refractivity contribution in [2.45, 2.75) is 6.54 Å². The number of nitrogen functional groups attached to an aromatic ring is 1. The molecule has 0 spiro atoms. The summed E-state index contributed by atoms with van der Waals surface area (Å²) in [7, 11) is 0. The van der Waals surface area contributed by atoms with Gasteiger partial charge in [-0.05, 0) is 0 Å². The third-order valence-electron chi connectivity index (χ3n) is 1.26. The van der Waals surface area contributed by atoms with Crippen molar-refractivity contribution in [3.8, 4) is 0 Å². The molecule has 0 radical (unpaired) electrons. The van der Waals surface area contributed by atoms with Crippen LogP contribution in [0.5, 0.6) is 0 Å². The second-order valence-corrected chi connectivity index (χ2v) is 2.76. The van der Waals surface area contributed by atoms with E-state index in [4.69, 9.17) is 5.73 Å². The van der Waals surface area contributed by atoms with Crippen LogP contribution >= 0.6 is 11.7 Å². The molecule has 0 aliphatic carbocycles. The van der Waals surface area contributed by atoms with Gasteiger partial charge in [-0.2, -0.15) is 18.6 Å². The first kappa shape index (κ1) is 7.17. The maximum absolute atomic E-state index is 5.38. The van der Waals surface area contributed by atoms with Gasteiger partial charge in [-0.25, -0.2) is 0 Å². The quantitative estimate of drug-likeness (QED) is 0.693. The highest BCUT2D eigenvalue weighted by atomic mass is 32.1. The molecule has 0 unspecified atom stereocenters. The molecule has 2 aromatic heterocycles. The second-order valence-electron chi connectivity index (χ2n) is 2.20. The number of hydrogen-bond donors (Lipinski definition) is 1. The molecule has 0 amide bonds. The third-order valence-corrected chi connectivity index (χ3v) is 1.78. The van der Waals surface area contributed by atoms with Crippen LogP contribution in [0.15, 0.2) is 12.4 Å². The standard InChI is InChI=1S/C5H6N6S/c6-5-2-7-11(9-5)3-4-1-8-12-10-4/h1-2H,3H2,(H2,6,9). The summed E-state index contributed by atoms with van der Waals surface area (Å²) in [5.74, 6) is 0.415. The Labute approximate surface area is 72.4 Å². The lowest BCUT2D eigenvalue weighted by Gasteiger charge is -1.92. The molecule has 7 heteroatoms. The fourth-order valence-electron chi connectivity index (χ4n) is 0.785. The van der Waals surface area contributed by atoms with Gasteiger partial charge in [0, 0.05) is 0 Å². The van der Waals surface area contributed by atoms with Crippen LogP contribution in [0.1, 0.15) is 5.69 Å². The topological polar surface area (TPSA) is 82.5 Å². The van der Waals surface area contributed by atoms with Gasteiger partial charge in [0.05, 0.1) is 29.8 Å². The summed E-state index contributed by atoms with van der Waals surface area (Å²) >= 11 is 1.17. The fourth-order valence-corrected chi connectivity index (χ4v) is 1.21. The molecule has 2 aromatic rings. The highest BCUT2D eigenvalue weighted by molar-refractivity contribution is 6.99. The Bertz CT molecular complexity index is 352. The van der Waals surface area contributed by atoms with Crippen molar-refractivity contribution >= 4 is 17.5 Å². The molecule has 0 atom stereocenters. The first-order chi connectivity index (χ1) is 5.84. The average molecular weight is 182 g/mol. The molecule has 2 N–H and O–H groups in total. The van der Waals surface area contributed by atoms with Gasteiger partial charge in [-0.15, -0.1) is 5.10 Å². The first-order valence-corrected chi connectivity index (χ1v) is 3.99. The SMILES string of the molecule is Nc1cnn(Cc2cnsn2)n1. The van der Waals surface area contributed by atoms with E-state index in [1.165, 1.54) is 22.7 Å². The Morgan fingerprint density at radius 1 is 1.50 bits per heavy atom. The van der Waals surface area contributed by atoms with Crippen molar-refractivity contribution < 1.29 is 0 Å². The summed E-state index contributed by atoms with van der Waals surface area (Å²) < 4.78 is 7.87. The lowest BCUT2D eigenvalue weighted by molar-refractivity contribution is 0.586. The minimum Gasteiger partial charge on any atom is -0.381 e. The number of nitrogens with two attached hydrogens (primary N) is 1. The Morgan fingerprint density at radius 3 is 3.00 bits per heavy atom. The van der Waals surface area contributed by atoms with Crippen molar-refractivity contribution in [2.75, 3.05) is 5.73 Å². The van der Waals surface area contributed by atoms with E-state index in [-0.39, 0.29) is 0 Å². The molecule has 0 bridgehead atoms. The zero-order valence-corrected chi connectivity index (χ0v) is 6.90. The molecule has 0 aliphatic heterocycles. The number of aromatic nitrogens is 5. The predicted octanol–water partition coefficient (Wildman–Crippen LogP) is -0.240. The maximum atomic E-state index is 5.38. The van der Waals surface area contributed by atoms with Gasteiger partial charge in [0.25, 0.3) is 0 Å². The van der Waals surface area contributed by atoms with E-state index in [0.717, 1.165) is 5.69 Å². The van der Waals surface area contributed by atoms with Gasteiger partial charge in [0.15, 0.2) is 5.82 Å². The second kappa shape index (κ2) is 2.86. The van der Waals surface area contributed by atoms with Crippen molar-refractivity contribution in [3.05, 3.63) is 18.1 Å². The highest BCUT2D eigenvalue weighted by Crippen LogP contribution is 1.98. The molecule has 2 rings (SSSR count). The first-order valence-electron chi connectivity index (χ1n) is 3.26. The van der Waals surface area contributed by atoms with Crippen LogP contribution in [0.3, 0.4) is 0 Å². The molecule has 62 valence electrons. The van der Waals surface area contributed by atoms with Gasteiger partial charge in [0.2, 0.25) is 0 Å². The zero-order valence-electron chi connectivity index (χ0n) is 6.08. The Hall–Kier alpha value is -1.50. The molecule has 0 saturated heterocycles. The van der Waals surface area contributed by atoms with E-state index in [1.807, 2.05) is 0 Å². The number of nitrogens with zero attached hydrogens (tertiary/aromatic N) is 5. The smallest absolute Gasteiger partial charge is 0.165 e. The van der Waals surface area contributed by atoms with E-state index in [2.05, 4.69) is 18.9 Å². The lowest BCUT2D eigenvalue weighted by Crippen LogP contribution is -2.04. The number of hydrogen-bond acceptors (Lipinski definition) is 6. The molecular weight excluding hydrogens is 176 g/mol. The van der Waals surface area contributed by atoms with Gasteiger partial charge >= 0.3 is 0 Å². The van der Waals surface area contributed by atoms with Crippen molar-refractivity contribution in [2.24, 2.45) is 0 Å². The van der Waals surface area contributed by atoms with Gasteiger partial charge in [0.1, 0.15) is 6.54 Å². The monoisotopic (exact) mass is 182 g/mol. The number of rotatable bonds is 2. The van der Waals surface area contributed by atoms with Gasteiger partial charge in [-0.1, -0.05) is 0 Å². The molecule has 12 heavy (non-hydrogen) atoms. The van der Waals surface area contributed by atoms with Crippen LogP contribution in [0, 0.1) is 0 Å². The maximum Gasteiger partial charge on any atom is 0.165 e. The zero-order chi connectivity index (χ0) is 8.39. The van der Waals surface area contributed by atoms with E-state index in [0.29, 0.717) is 12.4 Å². The lowest BCUT2D eigenvalue weighted by atomic mass is 10.5. The highest BCUT2D eigenvalue weighted by Gasteiger charge is 1.99. The normalized spacial score (nSPS) is 10.3. The van der Waals surface area contributed by atoms with Crippen LogP contribution in [0.4, 0.5) is 5.82 Å². The summed E-state index contributed by atoms with van der Waals surface area (Å²) in [5, 5.41) is 7.81. The van der Waals surface area contributed by atoms with Gasteiger partial charge in [-0.3, -0.25) is 0 Å². The number of anilines is 1. The molecule has 0 aliphatic rings. The summed E-state index contributed by atoms with van der Waals surface area (Å²) in [5.41, 5.74) is 6.22. The largest absolute Gasteiger partial charge is 0.381 e. The molecule has 0 saturated carbocycles. The molecule has 0 aromatic carbocycles. The molecule has 0 fully saturated rings.